The first-order valence-corrected chi connectivity index (χ1v) is 8.11. The topological polar surface area (TPSA) is 80.0 Å². The van der Waals surface area contributed by atoms with Gasteiger partial charge in [0.25, 0.3) is 0 Å². The van der Waals surface area contributed by atoms with E-state index in [1.807, 2.05) is 16.8 Å². The molecule has 1 aliphatic heterocycles. The van der Waals surface area contributed by atoms with Crippen LogP contribution in [0.5, 0.6) is 0 Å². The lowest BCUT2D eigenvalue weighted by Gasteiger charge is -2.23. The zero-order valence-corrected chi connectivity index (χ0v) is 13.7. The van der Waals surface area contributed by atoms with Crippen molar-refractivity contribution in [2.75, 3.05) is 13.1 Å². The molecule has 0 spiro atoms. The monoisotopic (exact) mass is 342 g/mol. The number of thiophene rings is 1. The highest BCUT2D eigenvalue weighted by Gasteiger charge is 2.16. The Kier molecular flexibility index (Phi) is 6.35. The molecule has 120 valence electrons. The van der Waals surface area contributed by atoms with Crippen LogP contribution in [-0.2, 0) is 11.2 Å². The molecule has 1 amide bonds. The van der Waals surface area contributed by atoms with Gasteiger partial charge in [0, 0.05) is 36.4 Å². The molecular formula is C14H19ClN4O2S. The summed E-state index contributed by atoms with van der Waals surface area (Å²) in [5, 5.41) is 14.2. The molecule has 1 atom stereocenters. The maximum absolute atomic E-state index is 11.9. The van der Waals surface area contributed by atoms with Crippen LogP contribution >= 0.6 is 23.7 Å². The summed E-state index contributed by atoms with van der Waals surface area (Å²) in [6.07, 6.45) is 3.01. The van der Waals surface area contributed by atoms with E-state index in [2.05, 4.69) is 20.8 Å². The van der Waals surface area contributed by atoms with Crippen LogP contribution in [0, 0.1) is 0 Å². The predicted molar refractivity (Wildman–Crippen MR) is 87.2 cm³/mol. The summed E-state index contributed by atoms with van der Waals surface area (Å²) in [5.41, 5.74) is 0.952. The minimum atomic E-state index is 0. The molecule has 0 bridgehead atoms. The highest BCUT2D eigenvalue weighted by atomic mass is 35.5. The summed E-state index contributed by atoms with van der Waals surface area (Å²) >= 11 is 1.59. The summed E-state index contributed by atoms with van der Waals surface area (Å²) in [6, 6.07) is 2.19. The van der Waals surface area contributed by atoms with Gasteiger partial charge in [-0.25, -0.2) is 0 Å². The van der Waals surface area contributed by atoms with Crippen LogP contribution in [-0.4, -0.2) is 35.2 Å². The van der Waals surface area contributed by atoms with Crippen LogP contribution in [0.1, 0.15) is 25.2 Å². The highest BCUT2D eigenvalue weighted by Crippen LogP contribution is 2.18. The molecule has 1 fully saturated rings. The number of amides is 1. The fraction of sp³-hybridized carbons (Fsp3) is 0.500. The molecule has 0 saturated carbocycles. The zero-order chi connectivity index (χ0) is 14.5. The Bertz CT molecular complexity index is 581. The number of aromatic nitrogens is 2. The quantitative estimate of drug-likeness (QED) is 0.869. The molecule has 1 aliphatic rings. The van der Waals surface area contributed by atoms with Gasteiger partial charge in [0.1, 0.15) is 0 Å². The molecule has 0 aliphatic carbocycles. The Morgan fingerprint density at radius 3 is 3.18 bits per heavy atom. The molecule has 1 unspecified atom stereocenters. The smallest absolute Gasteiger partial charge is 0.227 e. The lowest BCUT2D eigenvalue weighted by molar-refractivity contribution is -0.121. The van der Waals surface area contributed by atoms with Crippen molar-refractivity contribution in [3.05, 3.63) is 22.7 Å². The van der Waals surface area contributed by atoms with E-state index < -0.39 is 0 Å². The van der Waals surface area contributed by atoms with Crippen molar-refractivity contribution in [3.63, 3.8) is 0 Å². The lowest BCUT2D eigenvalue weighted by Crippen LogP contribution is -2.45. The van der Waals surface area contributed by atoms with Gasteiger partial charge in [0.2, 0.25) is 17.6 Å². The molecule has 8 heteroatoms. The van der Waals surface area contributed by atoms with Gasteiger partial charge >= 0.3 is 0 Å². The first-order chi connectivity index (χ1) is 10.3. The molecule has 2 N–H and O–H groups in total. The SMILES string of the molecule is Cl.O=C(CCc1nc(-c2ccsc2)no1)NC1CCCNC1. The lowest BCUT2D eigenvalue weighted by atomic mass is 10.1. The van der Waals surface area contributed by atoms with Crippen LogP contribution < -0.4 is 10.6 Å². The first kappa shape index (κ1) is 16.9. The third-order valence-corrected chi connectivity index (χ3v) is 4.16. The Labute approximate surface area is 139 Å². The van der Waals surface area contributed by atoms with Crippen molar-refractivity contribution < 1.29 is 9.32 Å². The second-order valence-electron chi connectivity index (χ2n) is 5.13. The summed E-state index contributed by atoms with van der Waals surface area (Å²) in [7, 11) is 0. The summed E-state index contributed by atoms with van der Waals surface area (Å²) in [6.45, 7) is 1.90. The molecule has 1 saturated heterocycles. The Balaban J connectivity index is 0.00000176. The first-order valence-electron chi connectivity index (χ1n) is 7.16. The van der Waals surface area contributed by atoms with Crippen LogP contribution in [0.3, 0.4) is 0 Å². The van der Waals surface area contributed by atoms with E-state index in [9.17, 15) is 4.79 Å². The van der Waals surface area contributed by atoms with Gasteiger partial charge in [-0.2, -0.15) is 16.3 Å². The Hall–Kier alpha value is -1.44. The number of hydrogen-bond acceptors (Lipinski definition) is 6. The highest BCUT2D eigenvalue weighted by molar-refractivity contribution is 7.08. The third-order valence-electron chi connectivity index (χ3n) is 3.48. The summed E-state index contributed by atoms with van der Waals surface area (Å²) in [4.78, 5) is 16.2. The second-order valence-corrected chi connectivity index (χ2v) is 5.91. The molecular weight excluding hydrogens is 324 g/mol. The summed E-state index contributed by atoms with van der Waals surface area (Å²) in [5.74, 6) is 1.13. The van der Waals surface area contributed by atoms with Crippen LogP contribution in [0.25, 0.3) is 11.4 Å². The molecule has 0 aromatic carbocycles. The number of hydrogen-bond donors (Lipinski definition) is 2. The van der Waals surface area contributed by atoms with Crippen molar-refractivity contribution in [3.8, 4) is 11.4 Å². The number of rotatable bonds is 5. The van der Waals surface area contributed by atoms with Crippen molar-refractivity contribution >= 4 is 29.7 Å². The summed E-state index contributed by atoms with van der Waals surface area (Å²) < 4.78 is 5.18. The van der Waals surface area contributed by atoms with Crippen LogP contribution in [0.15, 0.2) is 21.3 Å². The normalized spacial score (nSPS) is 17.7. The fourth-order valence-corrected chi connectivity index (χ4v) is 3.00. The van der Waals surface area contributed by atoms with Gasteiger partial charge in [0.05, 0.1) is 0 Å². The standard InChI is InChI=1S/C14H18N4O2S.ClH/c19-12(16-11-2-1-6-15-8-11)3-4-13-17-14(18-20-13)10-5-7-21-9-10;/h5,7,9,11,15H,1-4,6,8H2,(H,16,19);1H. The molecule has 3 rings (SSSR count). The predicted octanol–water partition coefficient (Wildman–Crippen LogP) is 2.02. The van der Waals surface area contributed by atoms with E-state index in [1.54, 1.807) is 11.3 Å². The van der Waals surface area contributed by atoms with E-state index in [4.69, 9.17) is 4.52 Å². The molecule has 3 heterocycles. The van der Waals surface area contributed by atoms with Crippen molar-refractivity contribution in [1.82, 2.24) is 20.8 Å². The largest absolute Gasteiger partial charge is 0.352 e. The third kappa shape index (κ3) is 4.53. The van der Waals surface area contributed by atoms with Gasteiger partial charge in [-0.1, -0.05) is 5.16 Å². The zero-order valence-electron chi connectivity index (χ0n) is 12.1. The number of carbonyl (C=O) groups excluding carboxylic acids is 1. The van der Waals surface area contributed by atoms with E-state index in [0.29, 0.717) is 24.6 Å². The molecule has 22 heavy (non-hydrogen) atoms. The molecule has 2 aromatic rings. The number of nitrogens with zero attached hydrogens (tertiary/aromatic N) is 2. The number of aryl methyl sites for hydroxylation is 1. The van der Waals surface area contributed by atoms with E-state index in [1.165, 1.54) is 0 Å². The average Bonchev–Trinajstić information content (AvgIpc) is 3.17. The second kappa shape index (κ2) is 8.26. The Morgan fingerprint density at radius 2 is 2.45 bits per heavy atom. The van der Waals surface area contributed by atoms with E-state index in [0.717, 1.165) is 31.5 Å². The molecule has 0 radical (unpaired) electrons. The van der Waals surface area contributed by atoms with Crippen molar-refractivity contribution in [2.45, 2.75) is 31.7 Å². The van der Waals surface area contributed by atoms with Crippen LogP contribution in [0.2, 0.25) is 0 Å². The van der Waals surface area contributed by atoms with Crippen molar-refractivity contribution in [1.29, 1.82) is 0 Å². The molecule has 6 nitrogen and oxygen atoms in total. The van der Waals surface area contributed by atoms with E-state index in [-0.39, 0.29) is 24.4 Å². The fourth-order valence-electron chi connectivity index (χ4n) is 2.36. The van der Waals surface area contributed by atoms with Gasteiger partial charge < -0.3 is 15.2 Å². The van der Waals surface area contributed by atoms with Crippen molar-refractivity contribution in [2.24, 2.45) is 0 Å². The number of piperidine rings is 1. The maximum Gasteiger partial charge on any atom is 0.227 e. The number of halogens is 1. The number of nitrogens with one attached hydrogen (secondary N) is 2. The average molecular weight is 343 g/mol. The minimum absolute atomic E-state index is 0. The van der Waals surface area contributed by atoms with Gasteiger partial charge in [-0.15, -0.1) is 12.4 Å². The van der Waals surface area contributed by atoms with Crippen LogP contribution in [0.4, 0.5) is 0 Å². The van der Waals surface area contributed by atoms with Gasteiger partial charge in [0.15, 0.2) is 0 Å². The van der Waals surface area contributed by atoms with E-state index >= 15 is 0 Å². The minimum Gasteiger partial charge on any atom is -0.352 e. The molecule has 2 aromatic heterocycles. The Morgan fingerprint density at radius 1 is 1.55 bits per heavy atom. The maximum atomic E-state index is 11.9. The van der Waals surface area contributed by atoms with Gasteiger partial charge in [-0.3, -0.25) is 4.79 Å². The van der Waals surface area contributed by atoms with Gasteiger partial charge in [-0.05, 0) is 30.8 Å². The number of carbonyl (C=O) groups is 1.